The number of anilines is 2. The van der Waals surface area contributed by atoms with Crippen molar-refractivity contribution >= 4 is 29.1 Å². The van der Waals surface area contributed by atoms with Crippen molar-refractivity contribution in [2.45, 2.75) is 13.0 Å². The number of rotatable bonds is 3. The summed E-state index contributed by atoms with van der Waals surface area (Å²) in [4.78, 5) is 33.4. The molecule has 0 fully saturated rings. The van der Waals surface area contributed by atoms with E-state index >= 15 is 0 Å². The van der Waals surface area contributed by atoms with E-state index in [1.807, 2.05) is 0 Å². The fourth-order valence-corrected chi connectivity index (χ4v) is 2.03. The van der Waals surface area contributed by atoms with Crippen LogP contribution in [-0.2, 0) is 4.79 Å². The predicted octanol–water partition coefficient (Wildman–Crippen LogP) is 2.16. The lowest BCUT2D eigenvalue weighted by molar-refractivity contribution is -0.402. The quantitative estimate of drug-likeness (QED) is 0.660. The van der Waals surface area contributed by atoms with E-state index in [1.54, 1.807) is 19.1 Å². The van der Waals surface area contributed by atoms with Gasteiger partial charge in [-0.25, -0.2) is 0 Å². The minimum absolute atomic E-state index is 0.191. The van der Waals surface area contributed by atoms with E-state index in [9.17, 15) is 19.7 Å². The molecule has 9 heteroatoms. The van der Waals surface area contributed by atoms with Crippen LogP contribution in [0.3, 0.4) is 0 Å². The van der Waals surface area contributed by atoms with Gasteiger partial charge in [-0.1, -0.05) is 0 Å². The number of hydrogen-bond acceptors (Lipinski definition) is 6. The molecule has 0 bridgehead atoms. The topological polar surface area (TPSA) is 124 Å². The Labute approximate surface area is 129 Å². The number of nitrogens with zero attached hydrogens (tertiary/aromatic N) is 1. The molecule has 0 aliphatic carbocycles. The third-order valence-corrected chi connectivity index (χ3v) is 3.16. The summed E-state index contributed by atoms with van der Waals surface area (Å²) in [5, 5.41) is 15.7. The smallest absolute Gasteiger partial charge is 0.433 e. The van der Waals surface area contributed by atoms with E-state index in [1.165, 1.54) is 12.1 Å². The Morgan fingerprint density at radius 1 is 1.35 bits per heavy atom. The van der Waals surface area contributed by atoms with Crippen LogP contribution in [0.2, 0.25) is 0 Å². The SMILES string of the molecule is CC1Oc2ccc(NC(=O)c3ccc([N+](=O)[O-])o3)cc2NC1=O. The number of nitrogens with one attached hydrogen (secondary N) is 2. The number of furan rings is 1. The van der Waals surface area contributed by atoms with Gasteiger partial charge in [0.05, 0.1) is 11.8 Å². The molecule has 9 nitrogen and oxygen atoms in total. The summed E-state index contributed by atoms with van der Waals surface area (Å²) in [6.45, 7) is 1.62. The lowest BCUT2D eigenvalue weighted by Crippen LogP contribution is -2.34. The van der Waals surface area contributed by atoms with Gasteiger partial charge in [-0.2, -0.15) is 0 Å². The molecule has 1 unspecified atom stereocenters. The molecule has 2 amide bonds. The summed E-state index contributed by atoms with van der Waals surface area (Å²) < 4.78 is 10.2. The number of carbonyl (C=O) groups is 2. The third-order valence-electron chi connectivity index (χ3n) is 3.16. The highest BCUT2D eigenvalue weighted by Gasteiger charge is 2.24. The molecule has 2 aromatic rings. The molecule has 1 aliphatic heterocycles. The zero-order valence-corrected chi connectivity index (χ0v) is 11.9. The zero-order chi connectivity index (χ0) is 16.6. The van der Waals surface area contributed by atoms with Gasteiger partial charge in [-0.3, -0.25) is 19.7 Å². The van der Waals surface area contributed by atoms with E-state index in [2.05, 4.69) is 10.6 Å². The Kier molecular flexibility index (Phi) is 3.45. The first kappa shape index (κ1) is 14.6. The van der Waals surface area contributed by atoms with Gasteiger partial charge in [0.1, 0.15) is 10.7 Å². The maximum Gasteiger partial charge on any atom is 0.433 e. The average molecular weight is 317 g/mol. The van der Waals surface area contributed by atoms with Crippen LogP contribution in [0.25, 0.3) is 0 Å². The number of fused-ring (bicyclic) bond motifs is 1. The first-order valence-corrected chi connectivity index (χ1v) is 6.61. The summed E-state index contributed by atoms with van der Waals surface area (Å²) in [6.07, 6.45) is -0.591. The molecule has 1 aromatic heterocycles. The van der Waals surface area contributed by atoms with Gasteiger partial charge in [-0.05, 0) is 31.2 Å². The van der Waals surface area contributed by atoms with Gasteiger partial charge in [-0.15, -0.1) is 0 Å². The Morgan fingerprint density at radius 3 is 2.83 bits per heavy atom. The molecule has 1 aliphatic rings. The molecule has 0 radical (unpaired) electrons. The summed E-state index contributed by atoms with van der Waals surface area (Å²) in [7, 11) is 0. The molecule has 1 aromatic carbocycles. The van der Waals surface area contributed by atoms with Gasteiger partial charge in [0.15, 0.2) is 11.9 Å². The maximum atomic E-state index is 12.0. The Hall–Kier alpha value is -3.36. The van der Waals surface area contributed by atoms with Crippen LogP contribution in [0.4, 0.5) is 17.3 Å². The van der Waals surface area contributed by atoms with Crippen molar-refractivity contribution in [3.63, 3.8) is 0 Å². The monoisotopic (exact) mass is 317 g/mol. The lowest BCUT2D eigenvalue weighted by atomic mass is 10.2. The van der Waals surface area contributed by atoms with Crippen LogP contribution < -0.4 is 15.4 Å². The number of carbonyl (C=O) groups excluding carboxylic acids is 2. The van der Waals surface area contributed by atoms with E-state index in [4.69, 9.17) is 9.15 Å². The fraction of sp³-hybridized carbons (Fsp3) is 0.143. The molecule has 23 heavy (non-hydrogen) atoms. The van der Waals surface area contributed by atoms with Crippen LogP contribution in [0, 0.1) is 10.1 Å². The first-order chi connectivity index (χ1) is 10.9. The van der Waals surface area contributed by atoms with Gasteiger partial charge in [0.25, 0.3) is 11.8 Å². The number of ether oxygens (including phenoxy) is 1. The number of amides is 2. The van der Waals surface area contributed by atoms with Crippen molar-refractivity contribution in [1.29, 1.82) is 0 Å². The second-order valence-electron chi connectivity index (χ2n) is 4.81. The van der Waals surface area contributed by atoms with Crippen LogP contribution in [0.15, 0.2) is 34.7 Å². The molecular weight excluding hydrogens is 306 g/mol. The van der Waals surface area contributed by atoms with Gasteiger partial charge in [0.2, 0.25) is 0 Å². The molecule has 3 rings (SSSR count). The predicted molar refractivity (Wildman–Crippen MR) is 78.5 cm³/mol. The average Bonchev–Trinajstić information content (AvgIpc) is 2.99. The van der Waals surface area contributed by atoms with Crippen molar-refractivity contribution in [1.82, 2.24) is 0 Å². The van der Waals surface area contributed by atoms with E-state index in [-0.39, 0.29) is 11.7 Å². The van der Waals surface area contributed by atoms with Crippen LogP contribution in [0.5, 0.6) is 5.75 Å². The van der Waals surface area contributed by atoms with Crippen molar-refractivity contribution in [3.8, 4) is 5.75 Å². The van der Waals surface area contributed by atoms with E-state index < -0.39 is 22.8 Å². The largest absolute Gasteiger partial charge is 0.479 e. The molecule has 0 saturated carbocycles. The number of hydrogen-bond donors (Lipinski definition) is 2. The molecular formula is C14H11N3O6. The summed E-state index contributed by atoms with van der Waals surface area (Å²) >= 11 is 0. The molecule has 2 N–H and O–H groups in total. The third kappa shape index (κ3) is 2.84. The van der Waals surface area contributed by atoms with E-state index in [0.717, 1.165) is 6.07 Å². The summed E-state index contributed by atoms with van der Waals surface area (Å²) in [5.41, 5.74) is 0.808. The van der Waals surface area contributed by atoms with Crippen LogP contribution >= 0.6 is 0 Å². The number of nitro groups is 1. The van der Waals surface area contributed by atoms with Gasteiger partial charge < -0.3 is 19.8 Å². The highest BCUT2D eigenvalue weighted by Crippen LogP contribution is 2.32. The highest BCUT2D eigenvalue weighted by molar-refractivity contribution is 6.03. The molecule has 0 saturated heterocycles. The Bertz CT molecular complexity index is 813. The minimum Gasteiger partial charge on any atom is -0.479 e. The van der Waals surface area contributed by atoms with Crippen molar-refractivity contribution in [2.75, 3.05) is 10.6 Å². The van der Waals surface area contributed by atoms with Crippen LogP contribution in [-0.4, -0.2) is 22.8 Å². The maximum absolute atomic E-state index is 12.0. The highest BCUT2D eigenvalue weighted by atomic mass is 16.6. The minimum atomic E-state index is -0.732. The first-order valence-electron chi connectivity index (χ1n) is 6.61. The van der Waals surface area contributed by atoms with Crippen molar-refractivity contribution in [3.05, 3.63) is 46.2 Å². The summed E-state index contributed by atoms with van der Waals surface area (Å²) in [6, 6.07) is 7.01. The lowest BCUT2D eigenvalue weighted by Gasteiger charge is -2.23. The summed E-state index contributed by atoms with van der Waals surface area (Å²) in [5.74, 6) is -1.15. The molecule has 118 valence electrons. The molecule has 1 atom stereocenters. The number of benzene rings is 1. The standard InChI is InChI=1S/C14H11N3O6/c1-7-13(18)16-9-6-8(2-3-10(9)22-7)15-14(19)11-4-5-12(23-11)17(20)21/h2-7H,1H3,(H,15,19)(H,16,18). The molecule has 0 spiro atoms. The normalized spacial score (nSPS) is 16.0. The van der Waals surface area contributed by atoms with Gasteiger partial charge >= 0.3 is 5.88 Å². The molecule has 2 heterocycles. The second kappa shape index (κ2) is 5.44. The second-order valence-corrected chi connectivity index (χ2v) is 4.81. The Morgan fingerprint density at radius 2 is 2.13 bits per heavy atom. The van der Waals surface area contributed by atoms with E-state index in [0.29, 0.717) is 17.1 Å². The van der Waals surface area contributed by atoms with Crippen molar-refractivity contribution in [2.24, 2.45) is 0 Å². The zero-order valence-electron chi connectivity index (χ0n) is 11.9. The van der Waals surface area contributed by atoms with Crippen molar-refractivity contribution < 1.29 is 23.7 Å². The fourth-order valence-electron chi connectivity index (χ4n) is 2.03. The van der Waals surface area contributed by atoms with Gasteiger partial charge in [0, 0.05) is 5.69 Å². The Balaban J connectivity index is 1.78. The van der Waals surface area contributed by atoms with Crippen LogP contribution in [0.1, 0.15) is 17.5 Å².